The average molecular weight is 502 g/mol. The van der Waals surface area contributed by atoms with Crippen LogP contribution in [0.25, 0.3) is 10.2 Å². The zero-order chi connectivity index (χ0) is 24.8. The van der Waals surface area contributed by atoms with Gasteiger partial charge in [-0.25, -0.2) is 10.8 Å². The van der Waals surface area contributed by atoms with E-state index in [4.69, 9.17) is 10.6 Å². The lowest BCUT2D eigenvalue weighted by atomic mass is 9.97. The summed E-state index contributed by atoms with van der Waals surface area (Å²) in [4.78, 5) is 4.63. The molecule has 1 aliphatic carbocycles. The van der Waals surface area contributed by atoms with Crippen LogP contribution in [0.2, 0.25) is 0 Å². The molecule has 3 aromatic rings. The topological polar surface area (TPSA) is 51.4 Å². The molecule has 2 aromatic carbocycles. The Balaban J connectivity index is 1.02. The predicted octanol–water partition coefficient (Wildman–Crippen LogP) is 8.12. The molecule has 4 rings (SSSR count). The third-order valence-electron chi connectivity index (χ3n) is 6.67. The van der Waals surface area contributed by atoms with Crippen molar-refractivity contribution in [3.8, 4) is 0 Å². The Bertz CT molecular complexity index is 1060. The van der Waals surface area contributed by atoms with Crippen LogP contribution in [0.1, 0.15) is 82.3 Å². The van der Waals surface area contributed by atoms with Gasteiger partial charge in [-0.2, -0.15) is 0 Å². The number of rotatable bonds is 16. The van der Waals surface area contributed by atoms with Crippen molar-refractivity contribution < 1.29 is 4.74 Å². The van der Waals surface area contributed by atoms with Gasteiger partial charge in [-0.15, -0.1) is 0 Å². The van der Waals surface area contributed by atoms with E-state index >= 15 is 0 Å². The van der Waals surface area contributed by atoms with Crippen LogP contribution in [0.3, 0.4) is 0 Å². The molecule has 1 atom stereocenters. The van der Waals surface area contributed by atoms with Crippen molar-refractivity contribution in [3.63, 3.8) is 0 Å². The number of ether oxygens (including phenoxy) is 1. The second-order valence-corrected chi connectivity index (χ2v) is 10.5. The highest BCUT2D eigenvalue weighted by Crippen LogP contribution is 2.29. The summed E-state index contributed by atoms with van der Waals surface area (Å²) in [7, 11) is 0. The lowest BCUT2D eigenvalue weighted by Crippen LogP contribution is -2.31. The van der Waals surface area contributed by atoms with E-state index in [2.05, 4.69) is 47.5 Å². The van der Waals surface area contributed by atoms with E-state index in [9.17, 15) is 0 Å². The molecule has 5 heteroatoms. The van der Waals surface area contributed by atoms with Gasteiger partial charge in [-0.05, 0) is 67.2 Å². The first kappa shape index (κ1) is 26.4. The van der Waals surface area contributed by atoms with Crippen molar-refractivity contribution in [2.75, 3.05) is 18.2 Å². The van der Waals surface area contributed by atoms with Gasteiger partial charge in [0.25, 0.3) is 0 Å². The molecule has 2 N–H and O–H groups in total. The average Bonchev–Trinajstić information content (AvgIpc) is 3.37. The summed E-state index contributed by atoms with van der Waals surface area (Å²) in [5, 5.41) is 2.73. The van der Waals surface area contributed by atoms with Gasteiger partial charge in [0.2, 0.25) is 5.13 Å². The maximum absolute atomic E-state index is 6.34. The smallest absolute Gasteiger partial charge is 0.200 e. The van der Waals surface area contributed by atoms with Crippen molar-refractivity contribution in [1.29, 1.82) is 0 Å². The summed E-state index contributed by atoms with van der Waals surface area (Å²) >= 11 is 1.67. The first-order valence-electron chi connectivity index (χ1n) is 13.5. The van der Waals surface area contributed by atoms with E-state index in [0.717, 1.165) is 49.5 Å². The number of nitrogens with zero attached hydrogens (tertiary/aromatic N) is 2. The van der Waals surface area contributed by atoms with E-state index in [1.807, 2.05) is 35.3 Å². The van der Waals surface area contributed by atoms with Gasteiger partial charge in [0.05, 0.1) is 10.2 Å². The Morgan fingerprint density at radius 3 is 2.44 bits per heavy atom. The van der Waals surface area contributed by atoms with E-state index in [-0.39, 0.29) is 6.10 Å². The minimum absolute atomic E-state index is 0.0199. The molecule has 0 bridgehead atoms. The molecule has 1 aromatic heterocycles. The molecule has 0 spiro atoms. The van der Waals surface area contributed by atoms with Crippen LogP contribution in [0.4, 0.5) is 5.13 Å². The SMILES string of the molecule is NN(CCCCCCCCCCCOC(C1=CCCC=C1)c1cc#ccc1)c1nc2ccccc2s1. The monoisotopic (exact) mass is 501 g/mol. The summed E-state index contributed by atoms with van der Waals surface area (Å²) in [6.45, 7) is 1.67. The molecule has 36 heavy (non-hydrogen) atoms. The normalized spacial score (nSPS) is 14.0. The van der Waals surface area contributed by atoms with Gasteiger partial charge in [0.15, 0.2) is 0 Å². The van der Waals surface area contributed by atoms with Crippen molar-refractivity contribution in [1.82, 2.24) is 4.98 Å². The molecule has 4 nitrogen and oxygen atoms in total. The largest absolute Gasteiger partial charge is 0.369 e. The van der Waals surface area contributed by atoms with E-state index < -0.39 is 0 Å². The molecular formula is C31H39N3OS. The number of hydrazine groups is 1. The van der Waals surface area contributed by atoms with Gasteiger partial charge >= 0.3 is 0 Å². The first-order valence-corrected chi connectivity index (χ1v) is 14.4. The van der Waals surface area contributed by atoms with Crippen molar-refractivity contribution in [3.05, 3.63) is 84.0 Å². The third-order valence-corrected chi connectivity index (χ3v) is 7.74. The minimum atomic E-state index is 0.0199. The number of thiazole rings is 1. The van der Waals surface area contributed by atoms with E-state index in [0.29, 0.717) is 0 Å². The van der Waals surface area contributed by atoms with Crippen molar-refractivity contribution >= 4 is 26.7 Å². The Labute approximate surface area is 220 Å². The Morgan fingerprint density at radius 2 is 1.72 bits per heavy atom. The number of hydrogen-bond acceptors (Lipinski definition) is 5. The van der Waals surface area contributed by atoms with Crippen molar-refractivity contribution in [2.45, 2.75) is 76.7 Å². The summed E-state index contributed by atoms with van der Waals surface area (Å²) in [6.07, 6.45) is 20.3. The number of benzene rings is 1. The standard InChI is InChI=1S/C31H39N3OS/c32-34(31-33-28-22-14-15-23-29(28)36-31)24-16-6-4-2-1-3-5-7-17-25-35-30(26-18-10-8-11-19-26)27-20-12-9-13-21-27/h10,12,14-15,18-23,30H,1-8,11,16-17,24-25,32H2. The van der Waals surface area contributed by atoms with Gasteiger partial charge in [-0.1, -0.05) is 98.8 Å². The summed E-state index contributed by atoms with van der Waals surface area (Å²) in [5.41, 5.74) is 3.48. The highest BCUT2D eigenvalue weighted by Gasteiger charge is 2.16. The first-order chi connectivity index (χ1) is 17.8. The molecule has 0 radical (unpaired) electrons. The highest BCUT2D eigenvalue weighted by molar-refractivity contribution is 7.22. The number of aromatic nitrogens is 1. The van der Waals surface area contributed by atoms with Crippen molar-refractivity contribution in [2.24, 2.45) is 5.84 Å². The molecule has 0 amide bonds. The number of nitrogens with two attached hydrogens (primary N) is 1. The lowest BCUT2D eigenvalue weighted by Gasteiger charge is -2.21. The summed E-state index contributed by atoms with van der Waals surface area (Å²) in [5.74, 6) is 6.23. The third kappa shape index (κ3) is 8.20. The molecule has 0 aliphatic heterocycles. The fourth-order valence-electron chi connectivity index (χ4n) is 4.64. The number of allylic oxidation sites excluding steroid dienone is 2. The van der Waals surface area contributed by atoms with E-state index in [1.165, 1.54) is 60.8 Å². The predicted molar refractivity (Wildman–Crippen MR) is 152 cm³/mol. The number of unbranched alkanes of at least 4 members (excludes halogenated alkanes) is 8. The molecule has 0 saturated heterocycles. The lowest BCUT2D eigenvalue weighted by molar-refractivity contribution is 0.0760. The second-order valence-electron chi connectivity index (χ2n) is 9.54. The molecule has 1 aliphatic rings. The van der Waals surface area contributed by atoms with Crippen LogP contribution >= 0.6 is 11.3 Å². The summed E-state index contributed by atoms with van der Waals surface area (Å²) in [6, 6.07) is 20.3. The summed E-state index contributed by atoms with van der Waals surface area (Å²) < 4.78 is 7.53. The molecule has 1 unspecified atom stereocenters. The maximum Gasteiger partial charge on any atom is 0.200 e. The number of hydrogen-bond donors (Lipinski definition) is 1. The molecule has 0 fully saturated rings. The zero-order valence-corrected chi connectivity index (χ0v) is 22.1. The van der Waals surface area contributed by atoms with E-state index in [1.54, 1.807) is 11.3 Å². The molecule has 1 heterocycles. The number of fused-ring (bicyclic) bond motifs is 1. The molecule has 190 valence electrons. The second kappa shape index (κ2) is 14.8. The fraction of sp³-hybridized carbons (Fsp3) is 0.452. The fourth-order valence-corrected chi connectivity index (χ4v) is 5.55. The van der Waals surface area contributed by atoms with Crippen LogP contribution in [-0.2, 0) is 4.74 Å². The minimum Gasteiger partial charge on any atom is -0.369 e. The Hall–Kier alpha value is -2.65. The quantitative estimate of drug-likeness (QED) is 0.122. The van der Waals surface area contributed by atoms with Gasteiger partial charge in [-0.3, -0.25) is 5.01 Å². The number of para-hydroxylation sites is 1. The number of anilines is 1. The van der Waals surface area contributed by atoms with Gasteiger partial charge in [0, 0.05) is 13.2 Å². The Kier molecular flexibility index (Phi) is 10.9. The zero-order valence-electron chi connectivity index (χ0n) is 21.3. The van der Waals surface area contributed by atoms with Crippen LogP contribution in [0.15, 0.2) is 66.3 Å². The van der Waals surface area contributed by atoms with Gasteiger partial charge in [0.1, 0.15) is 6.10 Å². The maximum atomic E-state index is 6.34. The highest BCUT2D eigenvalue weighted by atomic mass is 32.1. The van der Waals surface area contributed by atoms with Gasteiger partial charge < -0.3 is 4.74 Å². The van der Waals surface area contributed by atoms with Crippen LogP contribution in [0.5, 0.6) is 0 Å². The molecule has 0 saturated carbocycles. The molecular weight excluding hydrogens is 462 g/mol. The Morgan fingerprint density at radius 1 is 0.944 bits per heavy atom. The van der Waals surface area contributed by atoms with Crippen LogP contribution < -0.4 is 10.9 Å². The van der Waals surface area contributed by atoms with Crippen LogP contribution in [-0.4, -0.2) is 18.1 Å². The van der Waals surface area contributed by atoms with Crippen LogP contribution in [0, 0.1) is 12.1 Å².